The molecule has 2 nitrogen and oxygen atoms in total. The van der Waals surface area contributed by atoms with Gasteiger partial charge in [-0.05, 0) is 30.3 Å². The minimum Gasteiger partial charge on any atom is -0.354 e. The minimum absolute atomic E-state index is 0.399. The summed E-state index contributed by atoms with van der Waals surface area (Å²) >= 11 is 0. The fraction of sp³-hybridized carbons (Fsp3) is 0.0500. The third kappa shape index (κ3) is 2.89. The molecule has 0 spiro atoms. The highest BCUT2D eigenvalue weighted by molar-refractivity contribution is 6.05. The summed E-state index contributed by atoms with van der Waals surface area (Å²) in [7, 11) is 0. The Hall–Kier alpha value is -3.08. The van der Waals surface area contributed by atoms with Crippen LogP contribution in [0, 0.1) is 0 Å². The zero-order valence-electron chi connectivity index (χ0n) is 13.1. The van der Waals surface area contributed by atoms with Crippen LogP contribution in [0.5, 0.6) is 0 Å². The van der Waals surface area contributed by atoms with Crippen molar-refractivity contribution >= 4 is 33.2 Å². The second kappa shape index (κ2) is 5.77. The van der Waals surface area contributed by atoms with Crippen molar-refractivity contribution < 1.29 is 18.2 Å². The standard InChI is InChI=1S/C20H13F3N2/c21-20(22,23)13-6-5-7-14(12-13)24-19-15-8-1-3-10-17(15)25-18-11-4-2-9-16(18)19/h1-12H,(H,24,25)/p+1. The summed E-state index contributed by atoms with van der Waals surface area (Å²) in [5, 5.41) is 5.01. The van der Waals surface area contributed by atoms with Gasteiger partial charge in [-0.1, -0.05) is 30.3 Å². The van der Waals surface area contributed by atoms with E-state index in [9.17, 15) is 13.2 Å². The number of hydrogen-bond donors (Lipinski definition) is 1. The summed E-state index contributed by atoms with van der Waals surface area (Å²) in [6.45, 7) is 0. The molecular formula is C20H14F3N2+. The molecule has 4 rings (SSSR count). The van der Waals surface area contributed by atoms with Gasteiger partial charge in [0.1, 0.15) is 0 Å². The number of fused-ring (bicyclic) bond motifs is 2. The van der Waals surface area contributed by atoms with E-state index in [2.05, 4.69) is 10.3 Å². The van der Waals surface area contributed by atoms with Gasteiger partial charge in [-0.3, -0.25) is 0 Å². The molecule has 0 fully saturated rings. The van der Waals surface area contributed by atoms with Crippen molar-refractivity contribution in [2.24, 2.45) is 0 Å². The second-order valence-corrected chi connectivity index (χ2v) is 5.79. The first kappa shape index (κ1) is 15.4. The van der Waals surface area contributed by atoms with Crippen molar-refractivity contribution in [2.45, 2.75) is 6.18 Å². The third-order valence-corrected chi connectivity index (χ3v) is 4.12. The molecule has 1 heterocycles. The molecule has 5 heteroatoms. The van der Waals surface area contributed by atoms with Crippen LogP contribution in [-0.2, 0) is 6.18 Å². The molecule has 0 saturated carbocycles. The lowest BCUT2D eigenvalue weighted by Crippen LogP contribution is -2.08. The number of aromatic amines is 1. The van der Waals surface area contributed by atoms with Gasteiger partial charge in [0.2, 0.25) is 11.0 Å². The average Bonchev–Trinajstić information content (AvgIpc) is 2.61. The van der Waals surface area contributed by atoms with E-state index in [1.807, 2.05) is 48.5 Å². The number of para-hydroxylation sites is 2. The van der Waals surface area contributed by atoms with Crippen LogP contribution in [-0.4, -0.2) is 0 Å². The number of alkyl halides is 3. The smallest absolute Gasteiger partial charge is 0.354 e. The molecule has 0 unspecified atom stereocenters. The van der Waals surface area contributed by atoms with Gasteiger partial charge in [0.05, 0.1) is 22.0 Å². The number of benzene rings is 3. The first-order valence-corrected chi connectivity index (χ1v) is 7.79. The molecule has 3 aromatic carbocycles. The molecule has 0 aliphatic rings. The summed E-state index contributed by atoms with van der Waals surface area (Å²) in [5.41, 5.74) is 2.33. The Morgan fingerprint density at radius 3 is 1.92 bits per heavy atom. The topological polar surface area (TPSA) is 26.2 Å². The number of hydrogen-bond acceptors (Lipinski definition) is 1. The SMILES string of the molecule is FC(F)(F)c1cccc(Nc2c3ccccc3[nH+]c3ccccc23)c1. The zero-order chi connectivity index (χ0) is 17.4. The van der Waals surface area contributed by atoms with Crippen LogP contribution in [0.25, 0.3) is 21.8 Å². The molecule has 25 heavy (non-hydrogen) atoms. The maximum absolute atomic E-state index is 13.0. The monoisotopic (exact) mass is 339 g/mol. The van der Waals surface area contributed by atoms with Crippen molar-refractivity contribution in [3.8, 4) is 0 Å². The highest BCUT2D eigenvalue weighted by atomic mass is 19.4. The van der Waals surface area contributed by atoms with Crippen molar-refractivity contribution in [2.75, 3.05) is 5.32 Å². The van der Waals surface area contributed by atoms with E-state index in [1.165, 1.54) is 6.07 Å². The van der Waals surface area contributed by atoms with Crippen molar-refractivity contribution in [3.63, 3.8) is 0 Å². The number of aromatic nitrogens is 1. The first-order chi connectivity index (χ1) is 12.0. The van der Waals surface area contributed by atoms with E-state index in [0.717, 1.165) is 39.6 Å². The normalized spacial score (nSPS) is 11.8. The maximum Gasteiger partial charge on any atom is 0.416 e. The Morgan fingerprint density at radius 2 is 1.32 bits per heavy atom. The molecule has 1 aromatic heterocycles. The lowest BCUT2D eigenvalue weighted by Gasteiger charge is -2.13. The molecule has 0 saturated heterocycles. The van der Waals surface area contributed by atoms with Crippen LogP contribution >= 0.6 is 0 Å². The Bertz CT molecular complexity index is 1020. The van der Waals surface area contributed by atoms with Crippen LogP contribution in [0.4, 0.5) is 24.5 Å². The molecule has 0 aliphatic carbocycles. The molecule has 0 bridgehead atoms. The Kier molecular flexibility index (Phi) is 3.57. The van der Waals surface area contributed by atoms with Crippen LogP contribution in [0.1, 0.15) is 5.56 Å². The van der Waals surface area contributed by atoms with Crippen LogP contribution in [0.3, 0.4) is 0 Å². The summed E-state index contributed by atoms with van der Waals surface area (Å²) < 4.78 is 38.9. The number of rotatable bonds is 2. The lowest BCUT2D eigenvalue weighted by atomic mass is 10.1. The fourth-order valence-corrected chi connectivity index (χ4v) is 2.96. The summed E-state index contributed by atoms with van der Waals surface area (Å²) in [6, 6.07) is 20.6. The number of nitrogens with one attached hydrogen (secondary N) is 2. The van der Waals surface area contributed by atoms with Gasteiger partial charge in [0, 0.05) is 17.8 Å². The van der Waals surface area contributed by atoms with Crippen molar-refractivity contribution in [1.82, 2.24) is 0 Å². The summed E-state index contributed by atoms with van der Waals surface area (Å²) in [4.78, 5) is 3.35. The van der Waals surface area contributed by atoms with Crippen LogP contribution in [0.15, 0.2) is 72.8 Å². The Balaban J connectivity index is 1.91. The van der Waals surface area contributed by atoms with Gasteiger partial charge >= 0.3 is 6.18 Å². The van der Waals surface area contributed by atoms with E-state index >= 15 is 0 Å². The molecule has 4 aromatic rings. The largest absolute Gasteiger partial charge is 0.416 e. The van der Waals surface area contributed by atoms with Gasteiger partial charge in [-0.15, -0.1) is 0 Å². The molecule has 0 aliphatic heterocycles. The van der Waals surface area contributed by atoms with Gasteiger partial charge in [-0.2, -0.15) is 13.2 Å². The molecule has 0 radical (unpaired) electrons. The molecule has 0 atom stereocenters. The van der Waals surface area contributed by atoms with Crippen LogP contribution < -0.4 is 10.3 Å². The van der Waals surface area contributed by atoms with E-state index in [1.54, 1.807) is 6.07 Å². The van der Waals surface area contributed by atoms with E-state index < -0.39 is 11.7 Å². The Labute approximate surface area is 141 Å². The first-order valence-electron chi connectivity index (χ1n) is 7.79. The van der Waals surface area contributed by atoms with Crippen LogP contribution in [0.2, 0.25) is 0 Å². The molecule has 0 amide bonds. The van der Waals surface area contributed by atoms with Gasteiger partial charge in [0.25, 0.3) is 0 Å². The maximum atomic E-state index is 13.0. The highest BCUT2D eigenvalue weighted by Crippen LogP contribution is 2.34. The predicted octanol–water partition coefficient (Wildman–Crippen LogP) is 5.57. The average molecular weight is 339 g/mol. The number of anilines is 2. The second-order valence-electron chi connectivity index (χ2n) is 5.79. The number of H-pyrrole nitrogens is 1. The van der Waals surface area contributed by atoms with Gasteiger partial charge < -0.3 is 5.32 Å². The van der Waals surface area contributed by atoms with E-state index in [-0.39, 0.29) is 0 Å². The quantitative estimate of drug-likeness (QED) is 0.475. The van der Waals surface area contributed by atoms with Crippen molar-refractivity contribution in [1.29, 1.82) is 0 Å². The number of pyridine rings is 1. The fourth-order valence-electron chi connectivity index (χ4n) is 2.96. The van der Waals surface area contributed by atoms with Crippen molar-refractivity contribution in [3.05, 3.63) is 78.4 Å². The third-order valence-electron chi connectivity index (χ3n) is 4.12. The zero-order valence-corrected chi connectivity index (χ0v) is 13.1. The minimum atomic E-state index is -4.37. The summed E-state index contributed by atoms with van der Waals surface area (Å²) in [5.74, 6) is 0. The van der Waals surface area contributed by atoms with Gasteiger partial charge in [-0.25, -0.2) is 4.98 Å². The summed E-state index contributed by atoms with van der Waals surface area (Å²) in [6.07, 6.45) is -4.37. The predicted molar refractivity (Wildman–Crippen MR) is 92.7 cm³/mol. The number of halogens is 3. The Morgan fingerprint density at radius 1 is 0.720 bits per heavy atom. The van der Waals surface area contributed by atoms with E-state index in [4.69, 9.17) is 0 Å². The molecule has 2 N–H and O–H groups in total. The highest BCUT2D eigenvalue weighted by Gasteiger charge is 2.30. The molecule has 124 valence electrons. The lowest BCUT2D eigenvalue weighted by molar-refractivity contribution is -0.310. The van der Waals surface area contributed by atoms with E-state index in [0.29, 0.717) is 5.69 Å². The molecular weight excluding hydrogens is 325 g/mol. The van der Waals surface area contributed by atoms with Gasteiger partial charge in [0.15, 0.2) is 0 Å².